The van der Waals surface area contributed by atoms with E-state index in [1.165, 1.54) is 0 Å². The largest absolute Gasteiger partial charge is 0.496 e. The molecule has 3 aromatic carbocycles. The Bertz CT molecular complexity index is 1510. The van der Waals surface area contributed by atoms with E-state index in [1.807, 2.05) is 65.9 Å². The number of carbonyl (C=O) groups is 1. The number of aromatic nitrogens is 1. The minimum Gasteiger partial charge on any atom is -0.496 e. The van der Waals surface area contributed by atoms with Crippen LogP contribution in [-0.4, -0.2) is 71.4 Å². The first-order valence-corrected chi connectivity index (χ1v) is 14.3. The normalized spacial score (nSPS) is 18.6. The lowest BCUT2D eigenvalue weighted by molar-refractivity contribution is -0.0242. The molecule has 2 heterocycles. The first-order valence-electron chi connectivity index (χ1n) is 14.3. The number of fused-ring (bicyclic) bond motifs is 5. The van der Waals surface area contributed by atoms with Gasteiger partial charge in [-0.05, 0) is 37.2 Å². The molecule has 216 valence electrons. The maximum absolute atomic E-state index is 14.5. The zero-order valence-corrected chi connectivity index (χ0v) is 24.7. The molecule has 1 amide bonds. The third-order valence-electron chi connectivity index (χ3n) is 8.35. The standard InChI is InChI=1S/C34H41N3O4/c1-23-18-37(24(2)21-38)34(39)33-32(28-15-9-10-16-29(28)36(33)4)27-14-8-6-13-26(27)22-41-31(23)20-35(3)19-25-12-7-11-17-30(25)40-5/h6-17,23-24,31,38H,18-22H2,1-5H3/t23-,24+,31-/m1/s1. The second-order valence-corrected chi connectivity index (χ2v) is 11.3. The molecule has 5 rings (SSSR count). The number of methoxy groups -OCH3 is 1. The number of rotatable bonds is 7. The maximum Gasteiger partial charge on any atom is 0.271 e. The average Bonchev–Trinajstić information content (AvgIpc) is 3.28. The molecule has 1 N–H and O–H groups in total. The summed E-state index contributed by atoms with van der Waals surface area (Å²) in [6, 6.07) is 24.1. The number of hydrogen-bond acceptors (Lipinski definition) is 5. The molecule has 0 radical (unpaired) electrons. The van der Waals surface area contributed by atoms with Crippen molar-refractivity contribution in [3.63, 3.8) is 0 Å². The lowest BCUT2D eigenvalue weighted by atomic mass is 9.96. The first-order chi connectivity index (χ1) is 19.8. The number of hydrogen-bond donors (Lipinski definition) is 1. The summed E-state index contributed by atoms with van der Waals surface area (Å²) in [6.07, 6.45) is -0.151. The smallest absolute Gasteiger partial charge is 0.271 e. The van der Waals surface area contributed by atoms with E-state index >= 15 is 0 Å². The fraction of sp³-hybridized carbons (Fsp3) is 0.382. The molecule has 0 aliphatic carbocycles. The lowest BCUT2D eigenvalue weighted by Gasteiger charge is -2.35. The van der Waals surface area contributed by atoms with Crippen LogP contribution in [0.3, 0.4) is 0 Å². The molecule has 0 saturated carbocycles. The fourth-order valence-corrected chi connectivity index (χ4v) is 6.02. The van der Waals surface area contributed by atoms with E-state index in [2.05, 4.69) is 49.2 Å². The van der Waals surface area contributed by atoms with E-state index in [-0.39, 0.29) is 30.6 Å². The highest BCUT2D eigenvalue weighted by Crippen LogP contribution is 2.38. The molecule has 1 aliphatic rings. The third-order valence-corrected chi connectivity index (χ3v) is 8.35. The summed E-state index contributed by atoms with van der Waals surface area (Å²) < 4.78 is 14.3. The van der Waals surface area contributed by atoms with Gasteiger partial charge in [0.1, 0.15) is 11.4 Å². The number of likely N-dealkylation sites (N-methyl/N-ethyl adjacent to an activating group) is 1. The van der Waals surface area contributed by atoms with Crippen molar-refractivity contribution in [3.05, 3.63) is 89.6 Å². The predicted octanol–water partition coefficient (Wildman–Crippen LogP) is 5.34. The Balaban J connectivity index is 1.56. The van der Waals surface area contributed by atoms with Crippen LogP contribution in [0.25, 0.3) is 22.0 Å². The second-order valence-electron chi connectivity index (χ2n) is 11.3. The summed E-state index contributed by atoms with van der Waals surface area (Å²) in [5.41, 5.74) is 5.71. The minimum absolute atomic E-state index is 0.0106. The minimum atomic E-state index is -0.348. The van der Waals surface area contributed by atoms with Gasteiger partial charge in [0.15, 0.2) is 0 Å². The maximum atomic E-state index is 14.5. The van der Waals surface area contributed by atoms with Crippen LogP contribution in [0, 0.1) is 5.92 Å². The first kappa shape index (κ1) is 28.9. The molecule has 7 nitrogen and oxygen atoms in total. The van der Waals surface area contributed by atoms with Gasteiger partial charge in [-0.3, -0.25) is 9.69 Å². The van der Waals surface area contributed by atoms with Gasteiger partial charge in [-0.1, -0.05) is 67.6 Å². The van der Waals surface area contributed by atoms with Crippen molar-refractivity contribution in [2.45, 2.75) is 39.1 Å². The summed E-state index contributed by atoms with van der Waals surface area (Å²) in [5.74, 6) is 0.796. The van der Waals surface area contributed by atoms with Crippen molar-refractivity contribution in [2.24, 2.45) is 13.0 Å². The number of ether oxygens (including phenoxy) is 2. The van der Waals surface area contributed by atoms with Crippen LogP contribution in [0.1, 0.15) is 35.5 Å². The van der Waals surface area contributed by atoms with E-state index in [1.54, 1.807) is 7.11 Å². The quantitative estimate of drug-likeness (QED) is 0.333. The van der Waals surface area contributed by atoms with Gasteiger partial charge in [0.05, 0.1) is 32.5 Å². The van der Waals surface area contributed by atoms with Crippen LogP contribution in [0.2, 0.25) is 0 Å². The van der Waals surface area contributed by atoms with Gasteiger partial charge >= 0.3 is 0 Å². The van der Waals surface area contributed by atoms with Crippen molar-refractivity contribution in [1.82, 2.24) is 14.4 Å². The van der Waals surface area contributed by atoms with Gasteiger partial charge in [0, 0.05) is 54.6 Å². The Morgan fingerprint density at radius 1 is 1.07 bits per heavy atom. The van der Waals surface area contributed by atoms with Crippen LogP contribution in [-0.2, 0) is 24.9 Å². The van der Waals surface area contributed by atoms with Crippen LogP contribution < -0.4 is 4.74 Å². The number of aryl methyl sites for hydroxylation is 1. The molecule has 1 aliphatic heterocycles. The van der Waals surface area contributed by atoms with E-state index in [0.29, 0.717) is 31.9 Å². The number of amides is 1. The summed E-state index contributed by atoms with van der Waals surface area (Å²) >= 11 is 0. The molecular weight excluding hydrogens is 514 g/mol. The molecule has 7 heteroatoms. The van der Waals surface area contributed by atoms with Crippen molar-refractivity contribution in [2.75, 3.05) is 33.9 Å². The number of carbonyl (C=O) groups excluding carboxylic acids is 1. The van der Waals surface area contributed by atoms with Crippen LogP contribution in [0.15, 0.2) is 72.8 Å². The average molecular weight is 556 g/mol. The van der Waals surface area contributed by atoms with Crippen LogP contribution in [0.4, 0.5) is 0 Å². The zero-order valence-electron chi connectivity index (χ0n) is 24.7. The number of para-hydroxylation sites is 2. The van der Waals surface area contributed by atoms with Gasteiger partial charge in [0.2, 0.25) is 0 Å². The van der Waals surface area contributed by atoms with Gasteiger partial charge in [-0.25, -0.2) is 0 Å². The zero-order chi connectivity index (χ0) is 29.1. The van der Waals surface area contributed by atoms with Gasteiger partial charge in [-0.2, -0.15) is 0 Å². The fourth-order valence-electron chi connectivity index (χ4n) is 6.02. The summed E-state index contributed by atoms with van der Waals surface area (Å²) in [7, 11) is 5.74. The topological polar surface area (TPSA) is 67.2 Å². The van der Waals surface area contributed by atoms with Crippen molar-refractivity contribution in [1.29, 1.82) is 0 Å². The Morgan fingerprint density at radius 2 is 1.78 bits per heavy atom. The Labute approximate surface area is 242 Å². The second kappa shape index (κ2) is 12.5. The molecular formula is C34H41N3O4. The van der Waals surface area contributed by atoms with Crippen molar-refractivity contribution in [3.8, 4) is 16.9 Å². The highest BCUT2D eigenvalue weighted by Gasteiger charge is 2.33. The lowest BCUT2D eigenvalue weighted by Crippen LogP contribution is -2.47. The van der Waals surface area contributed by atoms with Gasteiger partial charge in [0.25, 0.3) is 5.91 Å². The number of nitrogens with zero attached hydrogens (tertiary/aromatic N) is 3. The van der Waals surface area contributed by atoms with Crippen molar-refractivity contribution >= 4 is 16.8 Å². The molecule has 1 aromatic heterocycles. The molecule has 3 atom stereocenters. The monoisotopic (exact) mass is 555 g/mol. The summed E-state index contributed by atoms with van der Waals surface area (Å²) in [4.78, 5) is 18.6. The van der Waals surface area contributed by atoms with E-state index in [4.69, 9.17) is 9.47 Å². The van der Waals surface area contributed by atoms with Crippen LogP contribution in [0.5, 0.6) is 5.75 Å². The summed E-state index contributed by atoms with van der Waals surface area (Å²) in [5, 5.41) is 11.3. The summed E-state index contributed by atoms with van der Waals surface area (Å²) in [6.45, 7) is 6.20. The number of aliphatic hydroxyl groups is 1. The Hall–Kier alpha value is -3.65. The highest BCUT2D eigenvalue weighted by atomic mass is 16.5. The number of benzene rings is 3. The number of aliphatic hydroxyl groups excluding tert-OH is 1. The van der Waals surface area contributed by atoms with E-state index in [9.17, 15) is 9.90 Å². The Kier molecular flexibility index (Phi) is 8.78. The highest BCUT2D eigenvalue weighted by molar-refractivity contribution is 6.10. The van der Waals surface area contributed by atoms with Gasteiger partial charge in [-0.15, -0.1) is 0 Å². The van der Waals surface area contributed by atoms with E-state index in [0.717, 1.165) is 38.9 Å². The molecule has 4 aromatic rings. The molecule has 0 unspecified atom stereocenters. The predicted molar refractivity (Wildman–Crippen MR) is 163 cm³/mol. The molecule has 0 fully saturated rings. The molecule has 41 heavy (non-hydrogen) atoms. The molecule has 0 saturated heterocycles. The van der Waals surface area contributed by atoms with Crippen molar-refractivity contribution < 1.29 is 19.4 Å². The van der Waals surface area contributed by atoms with Crippen LogP contribution >= 0.6 is 0 Å². The molecule has 0 bridgehead atoms. The SMILES string of the molecule is COc1ccccc1CN(C)C[C@H]1OCc2ccccc2-c2c(n(C)c3ccccc23)C(=O)N([C@@H](C)CO)C[C@H]1C. The molecule has 0 spiro atoms. The van der Waals surface area contributed by atoms with Gasteiger partial charge < -0.3 is 24.0 Å². The Morgan fingerprint density at radius 3 is 2.56 bits per heavy atom. The third kappa shape index (κ3) is 5.75. The van der Waals surface area contributed by atoms with E-state index < -0.39 is 0 Å².